The van der Waals surface area contributed by atoms with E-state index in [0.717, 1.165) is 11.1 Å². The van der Waals surface area contributed by atoms with Crippen LogP contribution in [0.15, 0.2) is 48.1 Å². The summed E-state index contributed by atoms with van der Waals surface area (Å²) in [4.78, 5) is 12.6. The van der Waals surface area contributed by atoms with Crippen molar-refractivity contribution in [2.45, 2.75) is 20.3 Å². The lowest BCUT2D eigenvalue weighted by molar-refractivity contribution is 0.104. The number of ether oxygens (including phenoxy) is 1. The van der Waals surface area contributed by atoms with E-state index >= 15 is 0 Å². The van der Waals surface area contributed by atoms with Crippen LogP contribution in [-0.2, 0) is 6.42 Å². The highest BCUT2D eigenvalue weighted by Crippen LogP contribution is 2.39. The quantitative estimate of drug-likeness (QED) is 0.417. The number of methoxy groups -OCH3 is 1. The van der Waals surface area contributed by atoms with Crippen molar-refractivity contribution in [3.05, 3.63) is 69.8 Å². The minimum absolute atomic E-state index is 0.0210. The highest BCUT2D eigenvalue weighted by molar-refractivity contribution is 6.30. The Kier molecular flexibility index (Phi) is 6.47. The van der Waals surface area contributed by atoms with Crippen LogP contribution in [-0.4, -0.2) is 23.1 Å². The van der Waals surface area contributed by atoms with Crippen molar-refractivity contribution in [2.24, 2.45) is 0 Å². The molecule has 0 unspecified atom stereocenters. The first-order chi connectivity index (χ1) is 12.3. The van der Waals surface area contributed by atoms with Gasteiger partial charge in [0.25, 0.3) is 0 Å². The number of phenols is 2. The molecule has 0 aromatic heterocycles. The molecular weight excluding hydrogens is 352 g/mol. The standard InChI is InChI=1S/C21H21ClO4/c1-13(2)4-10-16-18(24)12-19(26-3)20(21(16)25)17(23)11-7-14-5-8-15(22)9-6-14/h4-9,11-12,24-25H,10H2,1-3H3/b11-7+. The summed E-state index contributed by atoms with van der Waals surface area (Å²) in [5.74, 6) is -0.695. The number of carbonyl (C=O) groups is 1. The molecule has 0 aliphatic carbocycles. The van der Waals surface area contributed by atoms with Crippen LogP contribution in [0.3, 0.4) is 0 Å². The normalized spacial score (nSPS) is 10.8. The first-order valence-electron chi connectivity index (χ1n) is 8.06. The van der Waals surface area contributed by atoms with Gasteiger partial charge in [-0.2, -0.15) is 0 Å². The number of carbonyl (C=O) groups excluding carboxylic acids is 1. The maximum Gasteiger partial charge on any atom is 0.193 e. The van der Waals surface area contributed by atoms with Crippen molar-refractivity contribution < 1.29 is 19.7 Å². The minimum Gasteiger partial charge on any atom is -0.507 e. The molecule has 4 nitrogen and oxygen atoms in total. The molecule has 0 aliphatic rings. The molecule has 0 fully saturated rings. The van der Waals surface area contributed by atoms with E-state index in [0.29, 0.717) is 11.4 Å². The number of rotatable bonds is 6. The van der Waals surface area contributed by atoms with Crippen molar-refractivity contribution in [1.29, 1.82) is 0 Å². The molecule has 0 aliphatic heterocycles. The van der Waals surface area contributed by atoms with Crippen molar-refractivity contribution in [3.8, 4) is 17.2 Å². The molecule has 0 saturated heterocycles. The summed E-state index contributed by atoms with van der Waals surface area (Å²) in [6.45, 7) is 3.83. The van der Waals surface area contributed by atoms with E-state index in [1.807, 2.05) is 19.9 Å². The zero-order valence-electron chi connectivity index (χ0n) is 14.9. The van der Waals surface area contributed by atoms with Gasteiger partial charge >= 0.3 is 0 Å². The number of aromatic hydroxyl groups is 2. The van der Waals surface area contributed by atoms with Crippen LogP contribution >= 0.6 is 11.6 Å². The lowest BCUT2D eigenvalue weighted by atomic mass is 9.99. The van der Waals surface area contributed by atoms with Gasteiger partial charge in [-0.1, -0.05) is 41.5 Å². The van der Waals surface area contributed by atoms with Crippen LogP contribution in [0.5, 0.6) is 17.2 Å². The molecule has 2 aromatic rings. The summed E-state index contributed by atoms with van der Waals surface area (Å²) in [5.41, 5.74) is 2.14. The van der Waals surface area contributed by atoms with Gasteiger partial charge in [-0.15, -0.1) is 0 Å². The van der Waals surface area contributed by atoms with Crippen LogP contribution in [0.1, 0.15) is 35.3 Å². The molecule has 0 bridgehead atoms. The maximum absolute atomic E-state index is 12.6. The lowest BCUT2D eigenvalue weighted by Gasteiger charge is -2.13. The molecule has 0 heterocycles. The summed E-state index contributed by atoms with van der Waals surface area (Å²) in [7, 11) is 1.38. The Labute approximate surface area is 158 Å². The van der Waals surface area contributed by atoms with E-state index in [2.05, 4.69) is 0 Å². The third kappa shape index (κ3) is 4.67. The van der Waals surface area contributed by atoms with Crippen LogP contribution in [0.4, 0.5) is 0 Å². The molecule has 2 rings (SSSR count). The Bertz CT molecular complexity index is 861. The Morgan fingerprint density at radius 2 is 1.85 bits per heavy atom. The van der Waals surface area contributed by atoms with Crippen molar-refractivity contribution in [3.63, 3.8) is 0 Å². The van der Waals surface area contributed by atoms with Crippen molar-refractivity contribution >= 4 is 23.5 Å². The second kappa shape index (κ2) is 8.59. The van der Waals surface area contributed by atoms with E-state index in [1.165, 1.54) is 19.3 Å². The highest BCUT2D eigenvalue weighted by Gasteiger charge is 2.21. The number of hydrogen-bond donors (Lipinski definition) is 2. The van der Waals surface area contributed by atoms with Crippen LogP contribution in [0.25, 0.3) is 6.08 Å². The molecule has 0 saturated carbocycles. The molecule has 0 spiro atoms. The Morgan fingerprint density at radius 1 is 1.19 bits per heavy atom. The smallest absolute Gasteiger partial charge is 0.193 e. The summed E-state index contributed by atoms with van der Waals surface area (Å²) < 4.78 is 5.17. The Balaban J connectivity index is 2.42. The molecule has 0 radical (unpaired) electrons. The average molecular weight is 373 g/mol. The fraction of sp³-hybridized carbons (Fsp3) is 0.190. The summed E-state index contributed by atoms with van der Waals surface area (Å²) in [5, 5.41) is 21.3. The highest BCUT2D eigenvalue weighted by atomic mass is 35.5. The van der Waals surface area contributed by atoms with Crippen LogP contribution in [0.2, 0.25) is 5.02 Å². The summed E-state index contributed by atoms with van der Waals surface area (Å²) in [6, 6.07) is 8.35. The van der Waals surface area contributed by atoms with Crippen molar-refractivity contribution in [2.75, 3.05) is 7.11 Å². The molecular formula is C21H21ClO4. The predicted octanol–water partition coefficient (Wildman–Crippen LogP) is 5.16. The Morgan fingerprint density at radius 3 is 2.42 bits per heavy atom. The number of phenolic OH excluding ortho intramolecular Hbond substituents is 2. The fourth-order valence-electron chi connectivity index (χ4n) is 2.41. The van der Waals surface area contributed by atoms with Crippen molar-refractivity contribution in [1.82, 2.24) is 0 Å². The first kappa shape index (κ1) is 19.6. The average Bonchev–Trinajstić information content (AvgIpc) is 2.60. The van der Waals surface area contributed by atoms with Gasteiger partial charge in [0.1, 0.15) is 22.8 Å². The largest absolute Gasteiger partial charge is 0.507 e. The first-order valence-corrected chi connectivity index (χ1v) is 8.44. The molecule has 2 N–H and O–H groups in total. The van der Waals surface area contributed by atoms with Gasteiger partial charge in [-0.05, 0) is 44.0 Å². The second-order valence-electron chi connectivity index (χ2n) is 6.03. The third-order valence-electron chi connectivity index (χ3n) is 3.82. The summed E-state index contributed by atoms with van der Waals surface area (Å²) in [6.07, 6.45) is 5.15. The minimum atomic E-state index is -0.423. The third-order valence-corrected chi connectivity index (χ3v) is 4.08. The molecule has 5 heteroatoms. The Hall–Kier alpha value is -2.72. The van der Waals surface area contributed by atoms with E-state index in [-0.39, 0.29) is 28.4 Å². The molecule has 2 aromatic carbocycles. The van der Waals surface area contributed by atoms with E-state index in [4.69, 9.17) is 16.3 Å². The second-order valence-corrected chi connectivity index (χ2v) is 6.47. The number of halogens is 1. The van der Waals surface area contributed by atoms with Gasteiger partial charge in [0.2, 0.25) is 0 Å². The number of hydrogen-bond acceptors (Lipinski definition) is 4. The van der Waals surface area contributed by atoms with Gasteiger partial charge in [0.05, 0.1) is 7.11 Å². The lowest BCUT2D eigenvalue weighted by Crippen LogP contribution is -2.02. The number of ketones is 1. The maximum atomic E-state index is 12.6. The zero-order chi connectivity index (χ0) is 19.3. The monoisotopic (exact) mass is 372 g/mol. The van der Waals surface area contributed by atoms with Gasteiger partial charge in [0, 0.05) is 16.7 Å². The van der Waals surface area contributed by atoms with E-state index in [1.54, 1.807) is 30.3 Å². The number of benzene rings is 2. The molecule has 26 heavy (non-hydrogen) atoms. The van der Waals surface area contributed by atoms with Crippen LogP contribution in [0, 0.1) is 0 Å². The van der Waals surface area contributed by atoms with Gasteiger partial charge in [0.15, 0.2) is 5.78 Å². The van der Waals surface area contributed by atoms with Gasteiger partial charge < -0.3 is 14.9 Å². The SMILES string of the molecule is COc1cc(O)c(CC=C(C)C)c(O)c1C(=O)/C=C/c1ccc(Cl)cc1. The van der Waals surface area contributed by atoms with Gasteiger partial charge in [-0.25, -0.2) is 0 Å². The van der Waals surface area contributed by atoms with Gasteiger partial charge in [-0.3, -0.25) is 4.79 Å². The number of allylic oxidation sites excluding steroid dienone is 3. The topological polar surface area (TPSA) is 66.8 Å². The predicted molar refractivity (Wildman–Crippen MR) is 104 cm³/mol. The van der Waals surface area contributed by atoms with E-state index < -0.39 is 5.78 Å². The summed E-state index contributed by atoms with van der Waals surface area (Å²) >= 11 is 5.85. The molecule has 0 amide bonds. The molecule has 136 valence electrons. The zero-order valence-corrected chi connectivity index (χ0v) is 15.7. The molecule has 0 atom stereocenters. The van der Waals surface area contributed by atoms with E-state index in [9.17, 15) is 15.0 Å². The van der Waals surface area contributed by atoms with Crippen LogP contribution < -0.4 is 4.74 Å². The fourth-order valence-corrected chi connectivity index (χ4v) is 2.53.